The SMILES string of the molecule is C1=CC(c2ccc(CCCCOc3ccc4ccccc4c3)cc2)(c2ccc3ccccc3c2)Oc2ccc3ccccc3c21. The third-order valence-electron chi connectivity index (χ3n) is 9.10. The lowest BCUT2D eigenvalue weighted by Gasteiger charge is -2.36. The van der Waals surface area contributed by atoms with Crippen LogP contribution in [0.15, 0.2) is 152 Å². The smallest absolute Gasteiger partial charge is 0.178 e. The molecule has 45 heavy (non-hydrogen) atoms. The van der Waals surface area contributed by atoms with Crippen molar-refractivity contribution in [2.75, 3.05) is 6.61 Å². The van der Waals surface area contributed by atoms with Crippen LogP contribution in [-0.2, 0) is 12.0 Å². The van der Waals surface area contributed by atoms with Gasteiger partial charge < -0.3 is 9.47 Å². The van der Waals surface area contributed by atoms with Crippen LogP contribution in [0.3, 0.4) is 0 Å². The number of rotatable bonds is 8. The van der Waals surface area contributed by atoms with Gasteiger partial charge in [0.25, 0.3) is 0 Å². The van der Waals surface area contributed by atoms with Gasteiger partial charge in [-0.25, -0.2) is 0 Å². The van der Waals surface area contributed by atoms with E-state index in [1.54, 1.807) is 0 Å². The highest BCUT2D eigenvalue weighted by atomic mass is 16.5. The lowest BCUT2D eigenvalue weighted by molar-refractivity contribution is 0.161. The third kappa shape index (κ3) is 5.23. The number of ether oxygens (including phenoxy) is 2. The summed E-state index contributed by atoms with van der Waals surface area (Å²) in [6, 6.07) is 51.7. The minimum atomic E-state index is -0.730. The quantitative estimate of drug-likeness (QED) is 0.166. The van der Waals surface area contributed by atoms with E-state index >= 15 is 0 Å². The van der Waals surface area contributed by atoms with Gasteiger partial charge in [-0.1, -0.05) is 121 Å². The minimum absolute atomic E-state index is 0.716. The van der Waals surface area contributed by atoms with Gasteiger partial charge in [0.05, 0.1) is 6.61 Å². The standard InChI is InChI=1S/C43H34O2/c1-3-13-35-29-38(23-18-32(35)10-1)43(27-26-41-40-15-6-5-12-34(40)20-25-42(41)45-43)37-21-16-31(17-22-37)9-7-8-28-44-39-24-19-33-11-2-4-14-36(33)30-39/h1-6,10-27,29-30H,7-9,28H2. The summed E-state index contributed by atoms with van der Waals surface area (Å²) in [4.78, 5) is 0. The van der Waals surface area contributed by atoms with Crippen molar-refractivity contribution >= 4 is 38.4 Å². The highest BCUT2D eigenvalue weighted by Crippen LogP contribution is 2.44. The van der Waals surface area contributed by atoms with Gasteiger partial charge in [0.15, 0.2) is 5.60 Å². The summed E-state index contributed by atoms with van der Waals surface area (Å²) < 4.78 is 13.1. The maximum absolute atomic E-state index is 7.07. The van der Waals surface area contributed by atoms with Crippen molar-refractivity contribution in [2.45, 2.75) is 24.9 Å². The number of aryl methyl sites for hydroxylation is 1. The molecule has 7 aromatic rings. The lowest BCUT2D eigenvalue weighted by Crippen LogP contribution is -2.34. The topological polar surface area (TPSA) is 18.5 Å². The van der Waals surface area contributed by atoms with E-state index in [1.165, 1.54) is 37.9 Å². The molecule has 2 heteroatoms. The van der Waals surface area contributed by atoms with Crippen LogP contribution in [0.25, 0.3) is 38.4 Å². The molecule has 0 amide bonds. The number of fused-ring (bicyclic) bond motifs is 5. The van der Waals surface area contributed by atoms with Gasteiger partial charge in [-0.3, -0.25) is 0 Å². The van der Waals surface area contributed by atoms with E-state index in [0.29, 0.717) is 6.61 Å². The summed E-state index contributed by atoms with van der Waals surface area (Å²) in [5, 5.41) is 7.31. The van der Waals surface area contributed by atoms with Crippen LogP contribution in [0, 0.1) is 0 Å². The van der Waals surface area contributed by atoms with Crippen LogP contribution in [0.2, 0.25) is 0 Å². The monoisotopic (exact) mass is 582 g/mol. The summed E-state index contributed by atoms with van der Waals surface area (Å²) in [5.74, 6) is 1.84. The highest BCUT2D eigenvalue weighted by molar-refractivity contribution is 5.94. The lowest BCUT2D eigenvalue weighted by atomic mass is 9.82. The number of hydrogen-bond acceptors (Lipinski definition) is 2. The fourth-order valence-corrected chi connectivity index (χ4v) is 6.64. The number of benzene rings is 7. The Balaban J connectivity index is 1.03. The second-order valence-electron chi connectivity index (χ2n) is 11.9. The first-order chi connectivity index (χ1) is 22.2. The van der Waals surface area contributed by atoms with Crippen molar-refractivity contribution in [3.63, 3.8) is 0 Å². The molecule has 7 aromatic carbocycles. The fourth-order valence-electron chi connectivity index (χ4n) is 6.64. The summed E-state index contributed by atoms with van der Waals surface area (Å²) in [6.45, 7) is 0.716. The number of unbranched alkanes of at least 4 members (excludes halogenated alkanes) is 1. The van der Waals surface area contributed by atoms with Crippen molar-refractivity contribution in [1.82, 2.24) is 0 Å². The van der Waals surface area contributed by atoms with Gasteiger partial charge in [-0.05, 0) is 93.6 Å². The van der Waals surface area contributed by atoms with E-state index < -0.39 is 5.60 Å². The molecular weight excluding hydrogens is 548 g/mol. The van der Waals surface area contributed by atoms with Gasteiger partial charge in [0.2, 0.25) is 0 Å². The van der Waals surface area contributed by atoms with Crippen LogP contribution < -0.4 is 9.47 Å². The Labute approximate surface area is 264 Å². The van der Waals surface area contributed by atoms with E-state index in [1.807, 2.05) is 0 Å². The molecule has 0 radical (unpaired) electrons. The molecule has 0 aromatic heterocycles. The summed E-state index contributed by atoms with van der Waals surface area (Å²) in [5.41, 5.74) is 3.97. The molecule has 218 valence electrons. The van der Waals surface area contributed by atoms with Crippen LogP contribution in [0.4, 0.5) is 0 Å². The Bertz CT molecular complexity index is 2180. The van der Waals surface area contributed by atoms with Gasteiger partial charge in [0.1, 0.15) is 11.5 Å². The average Bonchev–Trinajstić information content (AvgIpc) is 3.11. The third-order valence-corrected chi connectivity index (χ3v) is 9.10. The van der Waals surface area contributed by atoms with Crippen LogP contribution in [0.5, 0.6) is 11.5 Å². The molecule has 0 N–H and O–H groups in total. The molecule has 0 fully saturated rings. The normalized spacial score (nSPS) is 15.6. The predicted octanol–water partition coefficient (Wildman–Crippen LogP) is 10.9. The Morgan fingerprint density at radius 3 is 1.98 bits per heavy atom. The molecule has 0 saturated carbocycles. The van der Waals surface area contributed by atoms with Gasteiger partial charge in [-0.2, -0.15) is 0 Å². The summed E-state index contributed by atoms with van der Waals surface area (Å²) in [7, 11) is 0. The molecular formula is C43H34O2. The Kier molecular flexibility index (Phi) is 7.04. The zero-order valence-corrected chi connectivity index (χ0v) is 25.2. The van der Waals surface area contributed by atoms with E-state index in [9.17, 15) is 0 Å². The average molecular weight is 583 g/mol. The highest BCUT2D eigenvalue weighted by Gasteiger charge is 2.37. The van der Waals surface area contributed by atoms with Crippen LogP contribution in [0.1, 0.15) is 35.1 Å². The van der Waals surface area contributed by atoms with Gasteiger partial charge >= 0.3 is 0 Å². The molecule has 0 aliphatic carbocycles. The van der Waals surface area contributed by atoms with Gasteiger partial charge in [0, 0.05) is 16.7 Å². The molecule has 8 rings (SSSR count). The fraction of sp³-hybridized carbons (Fsp3) is 0.116. The molecule has 1 atom stereocenters. The Morgan fingerprint density at radius 2 is 1.18 bits per heavy atom. The molecule has 1 heterocycles. The Morgan fingerprint density at radius 1 is 0.533 bits per heavy atom. The zero-order valence-electron chi connectivity index (χ0n) is 25.2. The molecule has 1 aliphatic rings. The van der Waals surface area contributed by atoms with Gasteiger partial charge in [-0.15, -0.1) is 0 Å². The second kappa shape index (κ2) is 11.6. The maximum Gasteiger partial charge on any atom is 0.178 e. The summed E-state index contributed by atoms with van der Waals surface area (Å²) >= 11 is 0. The molecule has 0 bridgehead atoms. The first kappa shape index (κ1) is 27.2. The van der Waals surface area contributed by atoms with Crippen LogP contribution in [-0.4, -0.2) is 6.61 Å². The van der Waals surface area contributed by atoms with Crippen molar-refractivity contribution < 1.29 is 9.47 Å². The minimum Gasteiger partial charge on any atom is -0.494 e. The second-order valence-corrected chi connectivity index (χ2v) is 11.9. The predicted molar refractivity (Wildman–Crippen MR) is 187 cm³/mol. The van der Waals surface area contributed by atoms with E-state index in [-0.39, 0.29) is 0 Å². The summed E-state index contributed by atoms with van der Waals surface area (Å²) in [6.07, 6.45) is 7.58. The molecule has 1 unspecified atom stereocenters. The zero-order chi connectivity index (χ0) is 30.1. The first-order valence-electron chi connectivity index (χ1n) is 15.9. The van der Waals surface area contributed by atoms with E-state index in [0.717, 1.165) is 47.5 Å². The van der Waals surface area contributed by atoms with Crippen LogP contribution >= 0.6 is 0 Å². The maximum atomic E-state index is 7.07. The molecule has 2 nitrogen and oxygen atoms in total. The first-order valence-corrected chi connectivity index (χ1v) is 15.9. The van der Waals surface area contributed by atoms with Crippen molar-refractivity contribution in [3.8, 4) is 11.5 Å². The Hall–Kier alpha value is -5.34. The van der Waals surface area contributed by atoms with Crippen molar-refractivity contribution in [1.29, 1.82) is 0 Å². The van der Waals surface area contributed by atoms with Crippen molar-refractivity contribution in [2.24, 2.45) is 0 Å². The van der Waals surface area contributed by atoms with Crippen molar-refractivity contribution in [3.05, 3.63) is 174 Å². The number of hydrogen-bond donors (Lipinski definition) is 0. The van der Waals surface area contributed by atoms with E-state index in [4.69, 9.17) is 9.47 Å². The molecule has 0 spiro atoms. The molecule has 1 aliphatic heterocycles. The largest absolute Gasteiger partial charge is 0.494 e. The molecule has 0 saturated heterocycles. The van der Waals surface area contributed by atoms with E-state index in [2.05, 4.69) is 158 Å².